The third-order valence-corrected chi connectivity index (χ3v) is 5.52. The van der Waals surface area contributed by atoms with Crippen molar-refractivity contribution in [1.29, 1.82) is 0 Å². The first-order chi connectivity index (χ1) is 10.8. The molecule has 5 heteroatoms. The molecule has 1 saturated carbocycles. The summed E-state index contributed by atoms with van der Waals surface area (Å²) in [6.07, 6.45) is 11.0. The van der Waals surface area contributed by atoms with Gasteiger partial charge in [0, 0.05) is 24.3 Å². The molecule has 22 heavy (non-hydrogen) atoms. The Morgan fingerprint density at radius 2 is 2.23 bits per heavy atom. The number of nitrogens with one attached hydrogen (secondary N) is 2. The molecule has 1 aliphatic carbocycles. The van der Waals surface area contributed by atoms with Crippen LogP contribution in [0.4, 0.5) is 5.82 Å². The lowest BCUT2D eigenvalue weighted by Crippen LogP contribution is -2.46. The van der Waals surface area contributed by atoms with Gasteiger partial charge in [-0.05, 0) is 31.2 Å². The van der Waals surface area contributed by atoms with Gasteiger partial charge in [-0.2, -0.15) is 0 Å². The molecule has 2 aromatic heterocycles. The van der Waals surface area contributed by atoms with E-state index in [1.807, 2.05) is 0 Å². The van der Waals surface area contributed by atoms with Crippen molar-refractivity contribution >= 4 is 16.9 Å². The van der Waals surface area contributed by atoms with Gasteiger partial charge in [-0.15, -0.1) is 0 Å². The summed E-state index contributed by atoms with van der Waals surface area (Å²) in [6.45, 7) is 3.92. The number of nitrogens with zero attached hydrogens (tertiary/aromatic N) is 2. The average Bonchev–Trinajstić information content (AvgIpc) is 3.17. The number of aryl methyl sites for hydroxylation is 1. The SMILES string of the molecule is CCc1c[nH]c2ncnc(NC3CCOCC34CCCC4)c12. The van der Waals surface area contributed by atoms with Crippen LogP contribution in [0.1, 0.15) is 44.6 Å². The Hall–Kier alpha value is -1.62. The van der Waals surface area contributed by atoms with Crippen molar-refractivity contribution in [2.24, 2.45) is 5.41 Å². The van der Waals surface area contributed by atoms with E-state index in [1.54, 1.807) is 6.33 Å². The number of anilines is 1. The molecule has 0 radical (unpaired) electrons. The molecule has 0 bridgehead atoms. The van der Waals surface area contributed by atoms with Gasteiger partial charge >= 0.3 is 0 Å². The number of ether oxygens (including phenoxy) is 1. The van der Waals surface area contributed by atoms with Gasteiger partial charge in [0.15, 0.2) is 0 Å². The highest BCUT2D eigenvalue weighted by atomic mass is 16.5. The smallest absolute Gasteiger partial charge is 0.143 e. The predicted octanol–water partition coefficient (Wildman–Crippen LogP) is 3.28. The van der Waals surface area contributed by atoms with E-state index in [0.29, 0.717) is 11.5 Å². The summed E-state index contributed by atoms with van der Waals surface area (Å²) in [6, 6.07) is 0.460. The molecule has 3 heterocycles. The van der Waals surface area contributed by atoms with E-state index in [0.717, 1.165) is 42.9 Å². The van der Waals surface area contributed by atoms with Gasteiger partial charge in [-0.1, -0.05) is 19.8 Å². The number of H-pyrrole nitrogens is 1. The summed E-state index contributed by atoms with van der Waals surface area (Å²) >= 11 is 0. The molecule has 118 valence electrons. The Bertz CT molecular complexity index is 660. The molecule has 1 aliphatic heterocycles. The van der Waals surface area contributed by atoms with Gasteiger partial charge in [0.25, 0.3) is 0 Å². The molecule has 1 atom stereocenters. The zero-order valence-corrected chi connectivity index (χ0v) is 13.2. The van der Waals surface area contributed by atoms with Crippen LogP contribution in [0.3, 0.4) is 0 Å². The monoisotopic (exact) mass is 300 g/mol. The minimum Gasteiger partial charge on any atom is -0.381 e. The average molecular weight is 300 g/mol. The Morgan fingerprint density at radius 1 is 1.36 bits per heavy atom. The number of aromatic nitrogens is 3. The molecule has 1 unspecified atom stereocenters. The maximum absolute atomic E-state index is 5.81. The van der Waals surface area contributed by atoms with Crippen molar-refractivity contribution in [2.45, 2.75) is 51.5 Å². The lowest BCUT2D eigenvalue weighted by Gasteiger charge is -2.42. The number of fused-ring (bicyclic) bond motifs is 1. The van der Waals surface area contributed by atoms with Gasteiger partial charge in [0.2, 0.25) is 0 Å². The molecule has 2 fully saturated rings. The van der Waals surface area contributed by atoms with E-state index in [-0.39, 0.29) is 0 Å². The zero-order valence-electron chi connectivity index (χ0n) is 13.2. The lowest BCUT2D eigenvalue weighted by molar-refractivity contribution is -0.0133. The lowest BCUT2D eigenvalue weighted by atomic mass is 9.76. The van der Waals surface area contributed by atoms with Gasteiger partial charge in [-0.3, -0.25) is 0 Å². The fraction of sp³-hybridized carbons (Fsp3) is 0.647. The normalized spacial score (nSPS) is 24.1. The summed E-state index contributed by atoms with van der Waals surface area (Å²) in [5.74, 6) is 0.987. The van der Waals surface area contributed by atoms with Crippen LogP contribution < -0.4 is 5.32 Å². The van der Waals surface area contributed by atoms with Crippen molar-refractivity contribution in [3.63, 3.8) is 0 Å². The summed E-state index contributed by atoms with van der Waals surface area (Å²) < 4.78 is 5.81. The van der Waals surface area contributed by atoms with E-state index in [2.05, 4.69) is 33.4 Å². The third-order valence-electron chi connectivity index (χ3n) is 5.52. The Morgan fingerprint density at radius 3 is 3.05 bits per heavy atom. The zero-order chi connectivity index (χ0) is 15.0. The highest BCUT2D eigenvalue weighted by Crippen LogP contribution is 2.45. The second kappa shape index (κ2) is 5.54. The van der Waals surface area contributed by atoms with E-state index in [4.69, 9.17) is 4.74 Å². The topological polar surface area (TPSA) is 62.8 Å². The molecule has 0 aromatic carbocycles. The second-order valence-electron chi connectivity index (χ2n) is 6.72. The van der Waals surface area contributed by atoms with Crippen molar-refractivity contribution < 1.29 is 4.74 Å². The second-order valence-corrected chi connectivity index (χ2v) is 6.72. The van der Waals surface area contributed by atoms with E-state index in [1.165, 1.54) is 31.2 Å². The number of hydrogen-bond acceptors (Lipinski definition) is 4. The predicted molar refractivity (Wildman–Crippen MR) is 87.0 cm³/mol. The van der Waals surface area contributed by atoms with Crippen LogP contribution in [0.5, 0.6) is 0 Å². The Labute approximate surface area is 130 Å². The molecule has 4 rings (SSSR count). The molecule has 1 spiro atoms. The fourth-order valence-corrected chi connectivity index (χ4v) is 4.26. The molecule has 5 nitrogen and oxygen atoms in total. The van der Waals surface area contributed by atoms with E-state index < -0.39 is 0 Å². The van der Waals surface area contributed by atoms with Crippen LogP contribution >= 0.6 is 0 Å². The maximum atomic E-state index is 5.81. The van der Waals surface area contributed by atoms with Crippen LogP contribution in [0.15, 0.2) is 12.5 Å². The van der Waals surface area contributed by atoms with Gasteiger partial charge in [0.1, 0.15) is 17.8 Å². The first-order valence-corrected chi connectivity index (χ1v) is 8.48. The highest BCUT2D eigenvalue weighted by Gasteiger charge is 2.44. The van der Waals surface area contributed by atoms with Crippen molar-refractivity contribution in [3.05, 3.63) is 18.1 Å². The molecule has 2 aromatic rings. The molecule has 0 amide bonds. The van der Waals surface area contributed by atoms with Crippen LogP contribution in [0.25, 0.3) is 11.0 Å². The highest BCUT2D eigenvalue weighted by molar-refractivity contribution is 5.90. The minimum atomic E-state index is 0.304. The number of rotatable bonds is 3. The molecule has 1 saturated heterocycles. The van der Waals surface area contributed by atoms with Crippen LogP contribution in [0, 0.1) is 5.41 Å². The molecule has 2 aliphatic rings. The molecule has 2 N–H and O–H groups in total. The first-order valence-electron chi connectivity index (χ1n) is 8.48. The standard InChI is InChI=1S/C17H24N4O/c1-2-12-9-18-15-14(12)16(20-11-19-15)21-13-5-8-22-10-17(13)6-3-4-7-17/h9,11,13H,2-8,10H2,1H3,(H2,18,19,20,21). The Balaban J connectivity index is 1.69. The van der Waals surface area contributed by atoms with Crippen LogP contribution in [-0.2, 0) is 11.2 Å². The maximum Gasteiger partial charge on any atom is 0.143 e. The number of aromatic amines is 1. The molecular formula is C17H24N4O. The van der Waals surface area contributed by atoms with Crippen molar-refractivity contribution in [3.8, 4) is 0 Å². The largest absolute Gasteiger partial charge is 0.381 e. The third kappa shape index (κ3) is 2.19. The Kier molecular flexibility index (Phi) is 3.53. The first kappa shape index (κ1) is 14.0. The van der Waals surface area contributed by atoms with Gasteiger partial charge in [-0.25, -0.2) is 9.97 Å². The minimum absolute atomic E-state index is 0.304. The molecular weight excluding hydrogens is 276 g/mol. The van der Waals surface area contributed by atoms with Gasteiger partial charge in [0.05, 0.1) is 12.0 Å². The quantitative estimate of drug-likeness (QED) is 0.913. The summed E-state index contributed by atoms with van der Waals surface area (Å²) in [5.41, 5.74) is 2.52. The van der Waals surface area contributed by atoms with Crippen LogP contribution in [-0.4, -0.2) is 34.2 Å². The van der Waals surface area contributed by atoms with Gasteiger partial charge < -0.3 is 15.0 Å². The van der Waals surface area contributed by atoms with E-state index in [9.17, 15) is 0 Å². The van der Waals surface area contributed by atoms with Crippen molar-refractivity contribution in [1.82, 2.24) is 15.0 Å². The number of hydrogen-bond donors (Lipinski definition) is 2. The summed E-state index contributed by atoms with van der Waals surface area (Å²) in [5, 5.41) is 4.92. The van der Waals surface area contributed by atoms with Crippen LogP contribution in [0.2, 0.25) is 0 Å². The summed E-state index contributed by atoms with van der Waals surface area (Å²) in [4.78, 5) is 12.2. The fourth-order valence-electron chi connectivity index (χ4n) is 4.26. The van der Waals surface area contributed by atoms with Crippen molar-refractivity contribution in [2.75, 3.05) is 18.5 Å². The summed E-state index contributed by atoms with van der Waals surface area (Å²) in [7, 11) is 0. The van der Waals surface area contributed by atoms with E-state index >= 15 is 0 Å².